The summed E-state index contributed by atoms with van der Waals surface area (Å²) in [5, 5.41) is 10.6. The van der Waals surface area contributed by atoms with Crippen molar-refractivity contribution < 1.29 is 19.5 Å². The van der Waals surface area contributed by atoms with E-state index in [4.69, 9.17) is 4.84 Å². The fourth-order valence-corrected chi connectivity index (χ4v) is 2.48. The summed E-state index contributed by atoms with van der Waals surface area (Å²) >= 11 is 0. The minimum atomic E-state index is -0.957. The van der Waals surface area contributed by atoms with Gasteiger partial charge >= 0.3 is 5.97 Å². The number of hydrogen-bond donors (Lipinski definition) is 1. The van der Waals surface area contributed by atoms with Crippen molar-refractivity contribution in [2.75, 3.05) is 0 Å². The smallest absolute Gasteiger partial charge is 0.309 e. The van der Waals surface area contributed by atoms with E-state index in [0.717, 1.165) is 16.2 Å². The van der Waals surface area contributed by atoms with Crippen molar-refractivity contribution in [2.45, 2.75) is 26.0 Å². The third-order valence-corrected chi connectivity index (χ3v) is 3.93. The lowest BCUT2D eigenvalue weighted by atomic mass is 9.93. The van der Waals surface area contributed by atoms with E-state index < -0.39 is 17.9 Å². The molecular weight excluding hydrogens is 306 g/mol. The summed E-state index contributed by atoms with van der Waals surface area (Å²) in [5.41, 5.74) is 1.82. The number of amides is 1. The SMILES string of the molecule is C[C@@H]([C@H](Cc1ccccc1)C(=O)O)N(C=O)OCc1ccccc1. The third-order valence-electron chi connectivity index (χ3n) is 3.93. The molecule has 0 unspecified atom stereocenters. The van der Waals surface area contributed by atoms with Crippen LogP contribution in [0.25, 0.3) is 0 Å². The Morgan fingerprint density at radius 2 is 1.62 bits per heavy atom. The van der Waals surface area contributed by atoms with Crippen molar-refractivity contribution in [3.05, 3.63) is 71.8 Å². The van der Waals surface area contributed by atoms with Crippen LogP contribution in [0.2, 0.25) is 0 Å². The Bertz CT molecular complexity index is 645. The molecule has 2 rings (SSSR count). The molecule has 5 heteroatoms. The third kappa shape index (κ3) is 4.93. The number of carboxylic acids is 1. The zero-order valence-corrected chi connectivity index (χ0v) is 13.5. The average Bonchev–Trinajstić information content (AvgIpc) is 2.61. The molecule has 1 amide bonds. The number of carbonyl (C=O) groups is 2. The molecule has 0 heterocycles. The molecular formula is C19H21NO4. The van der Waals surface area contributed by atoms with Crippen molar-refractivity contribution in [1.29, 1.82) is 0 Å². The minimum Gasteiger partial charge on any atom is -0.481 e. The van der Waals surface area contributed by atoms with Gasteiger partial charge in [0.05, 0.1) is 12.0 Å². The first kappa shape index (κ1) is 17.7. The predicted octanol–water partition coefficient (Wildman–Crippen LogP) is 2.91. The molecule has 0 saturated carbocycles. The van der Waals surface area contributed by atoms with E-state index in [1.807, 2.05) is 60.7 Å². The molecule has 5 nitrogen and oxygen atoms in total. The van der Waals surface area contributed by atoms with Gasteiger partial charge in [0.25, 0.3) is 0 Å². The van der Waals surface area contributed by atoms with E-state index in [2.05, 4.69) is 0 Å². The van der Waals surface area contributed by atoms with Crippen molar-refractivity contribution in [3.63, 3.8) is 0 Å². The fourth-order valence-electron chi connectivity index (χ4n) is 2.48. The van der Waals surface area contributed by atoms with E-state index in [1.165, 1.54) is 0 Å². The Labute approximate surface area is 141 Å². The molecule has 24 heavy (non-hydrogen) atoms. The Balaban J connectivity index is 2.04. The predicted molar refractivity (Wildman–Crippen MR) is 89.9 cm³/mol. The highest BCUT2D eigenvalue weighted by molar-refractivity contribution is 5.71. The lowest BCUT2D eigenvalue weighted by Gasteiger charge is -2.29. The molecule has 0 aliphatic heterocycles. The highest BCUT2D eigenvalue weighted by Crippen LogP contribution is 2.18. The van der Waals surface area contributed by atoms with E-state index in [9.17, 15) is 14.7 Å². The normalized spacial score (nSPS) is 13.0. The van der Waals surface area contributed by atoms with Crippen LogP contribution in [0.3, 0.4) is 0 Å². The number of nitrogens with zero attached hydrogens (tertiary/aromatic N) is 1. The number of hydrogen-bond acceptors (Lipinski definition) is 3. The quantitative estimate of drug-likeness (QED) is 0.568. The minimum absolute atomic E-state index is 0.210. The molecule has 0 aromatic heterocycles. The molecule has 0 aliphatic carbocycles. The molecule has 126 valence electrons. The lowest BCUT2D eigenvalue weighted by Crippen LogP contribution is -2.42. The maximum atomic E-state index is 11.6. The van der Waals surface area contributed by atoms with Crippen LogP contribution in [-0.4, -0.2) is 28.6 Å². The standard InChI is InChI=1S/C19H21NO4/c1-15(18(19(22)23)12-16-8-4-2-5-9-16)20(14-21)24-13-17-10-6-3-7-11-17/h2-11,14-15,18H,12-13H2,1H3,(H,22,23)/t15-,18-/m0/s1. The van der Waals surface area contributed by atoms with Crippen LogP contribution in [-0.2, 0) is 27.5 Å². The van der Waals surface area contributed by atoms with E-state index in [0.29, 0.717) is 12.8 Å². The average molecular weight is 327 g/mol. The molecule has 0 radical (unpaired) electrons. The first-order valence-corrected chi connectivity index (χ1v) is 7.79. The number of carbonyl (C=O) groups excluding carboxylic acids is 1. The van der Waals surface area contributed by atoms with Gasteiger partial charge in [-0.1, -0.05) is 60.7 Å². The zero-order chi connectivity index (χ0) is 17.4. The molecule has 0 fully saturated rings. The highest BCUT2D eigenvalue weighted by atomic mass is 16.7. The van der Waals surface area contributed by atoms with Gasteiger partial charge in [-0.3, -0.25) is 14.4 Å². The van der Waals surface area contributed by atoms with Crippen LogP contribution in [0.1, 0.15) is 18.1 Å². The maximum absolute atomic E-state index is 11.6. The Hall–Kier alpha value is -2.66. The summed E-state index contributed by atoms with van der Waals surface area (Å²) in [6.45, 7) is 1.89. The second kappa shape index (κ2) is 8.84. The second-order valence-corrected chi connectivity index (χ2v) is 5.60. The van der Waals surface area contributed by atoms with E-state index in [1.54, 1.807) is 6.92 Å². The summed E-state index contributed by atoms with van der Waals surface area (Å²) in [6, 6.07) is 18.2. The largest absolute Gasteiger partial charge is 0.481 e. The molecule has 1 N–H and O–H groups in total. The monoisotopic (exact) mass is 327 g/mol. The van der Waals surface area contributed by atoms with Gasteiger partial charge in [0.15, 0.2) is 0 Å². The maximum Gasteiger partial charge on any atom is 0.309 e. The van der Waals surface area contributed by atoms with Crippen molar-refractivity contribution in [1.82, 2.24) is 5.06 Å². The van der Waals surface area contributed by atoms with Gasteiger partial charge in [0, 0.05) is 0 Å². The topological polar surface area (TPSA) is 66.8 Å². The summed E-state index contributed by atoms with van der Waals surface area (Å²) in [4.78, 5) is 28.5. The molecule has 0 bridgehead atoms. The van der Waals surface area contributed by atoms with Crippen LogP contribution in [0.15, 0.2) is 60.7 Å². The zero-order valence-electron chi connectivity index (χ0n) is 13.5. The number of carboxylic acid groups (broad SMARTS) is 1. The van der Waals surface area contributed by atoms with Crippen molar-refractivity contribution >= 4 is 12.4 Å². The lowest BCUT2D eigenvalue weighted by molar-refractivity contribution is -0.199. The van der Waals surface area contributed by atoms with Crippen LogP contribution in [0.5, 0.6) is 0 Å². The number of aliphatic carboxylic acids is 1. The second-order valence-electron chi connectivity index (χ2n) is 5.60. The van der Waals surface area contributed by atoms with Gasteiger partial charge in [0.2, 0.25) is 6.41 Å². The summed E-state index contributed by atoms with van der Waals surface area (Å²) < 4.78 is 0. The number of rotatable bonds is 9. The number of hydroxylamine groups is 2. The Morgan fingerprint density at radius 3 is 2.12 bits per heavy atom. The van der Waals surface area contributed by atoms with Crippen LogP contribution < -0.4 is 0 Å². The summed E-state index contributed by atoms with van der Waals surface area (Å²) in [5.74, 6) is -1.71. The number of benzene rings is 2. The molecule has 2 atom stereocenters. The first-order chi connectivity index (χ1) is 11.6. The van der Waals surface area contributed by atoms with Crippen LogP contribution in [0, 0.1) is 5.92 Å². The van der Waals surface area contributed by atoms with E-state index >= 15 is 0 Å². The van der Waals surface area contributed by atoms with Gasteiger partial charge in [-0.25, -0.2) is 5.06 Å². The van der Waals surface area contributed by atoms with E-state index in [-0.39, 0.29) is 6.61 Å². The molecule has 0 aliphatic rings. The summed E-state index contributed by atoms with van der Waals surface area (Å²) in [6.07, 6.45) is 0.866. The Morgan fingerprint density at radius 1 is 1.08 bits per heavy atom. The van der Waals surface area contributed by atoms with Gasteiger partial charge in [0.1, 0.15) is 6.61 Å². The van der Waals surface area contributed by atoms with Crippen molar-refractivity contribution in [3.8, 4) is 0 Å². The van der Waals surface area contributed by atoms with Crippen LogP contribution >= 0.6 is 0 Å². The van der Waals surface area contributed by atoms with Gasteiger partial charge in [-0.05, 0) is 24.5 Å². The Kier molecular flexibility index (Phi) is 6.51. The summed E-state index contributed by atoms with van der Waals surface area (Å²) in [7, 11) is 0. The fraction of sp³-hybridized carbons (Fsp3) is 0.263. The van der Waals surface area contributed by atoms with Crippen molar-refractivity contribution in [2.24, 2.45) is 5.92 Å². The molecule has 0 spiro atoms. The molecule has 2 aromatic rings. The molecule has 0 saturated heterocycles. The molecule has 2 aromatic carbocycles. The van der Waals surface area contributed by atoms with Gasteiger partial charge in [-0.15, -0.1) is 0 Å². The van der Waals surface area contributed by atoms with Gasteiger partial charge < -0.3 is 5.11 Å². The van der Waals surface area contributed by atoms with Crippen LogP contribution in [0.4, 0.5) is 0 Å². The van der Waals surface area contributed by atoms with Gasteiger partial charge in [-0.2, -0.15) is 0 Å². The highest BCUT2D eigenvalue weighted by Gasteiger charge is 2.30. The first-order valence-electron chi connectivity index (χ1n) is 7.79.